The standard InChI is InChI=1S/C25H36N5O5P/c1-4-20-8-7-9-21(14-20)35-36(31,29-19(3)25-32-12-5-6-13-33-25)17-34-18(2)15-30-16-28-23-22(26)10-11-27-24(23)30/h7-11,14,16,18-19,25H,4-6,12-13,15,17H2,1-3H3,(H2,26,27)(H,29,31)/t18-,19+,36?/m1/s1. The molecule has 10 nitrogen and oxygen atoms in total. The Morgan fingerprint density at radius 1 is 1.22 bits per heavy atom. The normalized spacial score (nSPS) is 18.4. The van der Waals surface area contributed by atoms with E-state index in [4.69, 9.17) is 24.5 Å². The van der Waals surface area contributed by atoms with Crippen molar-refractivity contribution in [3.63, 3.8) is 0 Å². The van der Waals surface area contributed by atoms with Gasteiger partial charge >= 0.3 is 7.52 Å². The zero-order valence-corrected chi connectivity index (χ0v) is 22.0. The number of rotatable bonds is 11. The highest BCUT2D eigenvalue weighted by atomic mass is 31.2. The molecule has 3 N–H and O–H groups in total. The minimum absolute atomic E-state index is 0.135. The minimum atomic E-state index is -3.50. The summed E-state index contributed by atoms with van der Waals surface area (Å²) in [6.45, 7) is 7.51. The second-order valence-electron chi connectivity index (χ2n) is 9.08. The quantitative estimate of drug-likeness (QED) is 0.358. The first-order chi connectivity index (χ1) is 17.4. The van der Waals surface area contributed by atoms with Crippen LogP contribution in [0.4, 0.5) is 5.69 Å². The Labute approximate surface area is 212 Å². The van der Waals surface area contributed by atoms with Crippen molar-refractivity contribution < 1.29 is 23.3 Å². The number of hydrogen-bond acceptors (Lipinski definition) is 8. The van der Waals surface area contributed by atoms with Crippen LogP contribution in [-0.2, 0) is 31.7 Å². The SMILES string of the molecule is CCc1cccc(OP(=O)(CO[C@H](C)Cn2cnc3c(N)ccnc32)N[C@@H](C)C2OCCCCO2)c1. The van der Waals surface area contributed by atoms with E-state index in [0.29, 0.717) is 42.4 Å². The Morgan fingerprint density at radius 3 is 2.75 bits per heavy atom. The van der Waals surface area contributed by atoms with Crippen LogP contribution >= 0.6 is 7.52 Å². The smallest absolute Gasteiger partial charge is 0.342 e. The van der Waals surface area contributed by atoms with Crippen LogP contribution in [-0.4, -0.2) is 52.5 Å². The summed E-state index contributed by atoms with van der Waals surface area (Å²) in [5, 5.41) is 3.14. The maximum Gasteiger partial charge on any atom is 0.342 e. The molecule has 0 spiro atoms. The summed E-state index contributed by atoms with van der Waals surface area (Å²) >= 11 is 0. The molecule has 36 heavy (non-hydrogen) atoms. The molecule has 1 aliphatic heterocycles. The molecular formula is C25H36N5O5P. The molecule has 3 heterocycles. The number of anilines is 1. The Hall–Kier alpha value is -2.49. The molecule has 11 heteroatoms. The zero-order valence-electron chi connectivity index (χ0n) is 21.1. The molecule has 1 fully saturated rings. The molecule has 1 saturated heterocycles. The number of nitrogens with two attached hydrogens (primary N) is 1. The summed E-state index contributed by atoms with van der Waals surface area (Å²) in [5.41, 5.74) is 8.98. The van der Waals surface area contributed by atoms with E-state index in [1.54, 1.807) is 24.7 Å². The van der Waals surface area contributed by atoms with Crippen molar-refractivity contribution in [1.29, 1.82) is 0 Å². The van der Waals surface area contributed by atoms with Gasteiger partial charge in [-0.25, -0.2) is 15.1 Å². The molecule has 0 radical (unpaired) electrons. The van der Waals surface area contributed by atoms with Gasteiger partial charge in [0.2, 0.25) is 0 Å². The van der Waals surface area contributed by atoms with Gasteiger partial charge in [0.1, 0.15) is 17.6 Å². The fourth-order valence-corrected chi connectivity index (χ4v) is 5.89. The maximum atomic E-state index is 14.1. The van der Waals surface area contributed by atoms with Gasteiger partial charge in [0.25, 0.3) is 0 Å². The van der Waals surface area contributed by atoms with Gasteiger partial charge < -0.3 is 29.0 Å². The predicted octanol–water partition coefficient (Wildman–Crippen LogP) is 4.34. The van der Waals surface area contributed by atoms with Gasteiger partial charge in [0, 0.05) is 19.4 Å². The fraction of sp³-hybridized carbons (Fsp3) is 0.520. The minimum Gasteiger partial charge on any atom is -0.431 e. The third-order valence-corrected chi connectivity index (χ3v) is 7.78. The summed E-state index contributed by atoms with van der Waals surface area (Å²) in [5.74, 6) is 0.525. The molecule has 1 aromatic carbocycles. The second-order valence-corrected chi connectivity index (χ2v) is 11.1. The first-order valence-electron chi connectivity index (χ1n) is 12.4. The number of ether oxygens (including phenoxy) is 3. The van der Waals surface area contributed by atoms with Crippen LogP contribution < -0.4 is 15.3 Å². The Morgan fingerprint density at radius 2 is 2.00 bits per heavy atom. The largest absolute Gasteiger partial charge is 0.431 e. The lowest BCUT2D eigenvalue weighted by molar-refractivity contribution is -0.138. The molecule has 0 bridgehead atoms. The molecule has 0 amide bonds. The summed E-state index contributed by atoms with van der Waals surface area (Å²) in [6.07, 6.45) is 5.10. The molecule has 0 saturated carbocycles. The van der Waals surface area contributed by atoms with E-state index in [-0.39, 0.29) is 18.5 Å². The number of pyridine rings is 1. The third kappa shape index (κ3) is 6.83. The van der Waals surface area contributed by atoms with Crippen LogP contribution in [0.25, 0.3) is 11.2 Å². The van der Waals surface area contributed by atoms with Crippen molar-refractivity contribution in [2.75, 3.05) is 25.3 Å². The van der Waals surface area contributed by atoms with Gasteiger partial charge in [-0.2, -0.15) is 0 Å². The van der Waals surface area contributed by atoms with Gasteiger partial charge in [-0.15, -0.1) is 0 Å². The van der Waals surface area contributed by atoms with Gasteiger partial charge in [-0.05, 0) is 56.9 Å². The van der Waals surface area contributed by atoms with Gasteiger partial charge in [-0.1, -0.05) is 19.1 Å². The van der Waals surface area contributed by atoms with Crippen LogP contribution in [0.1, 0.15) is 39.2 Å². The molecule has 2 aromatic heterocycles. The fourth-order valence-electron chi connectivity index (χ4n) is 4.06. The number of nitrogen functional groups attached to an aromatic ring is 1. The van der Waals surface area contributed by atoms with E-state index in [0.717, 1.165) is 24.8 Å². The number of fused-ring (bicyclic) bond motifs is 1. The van der Waals surface area contributed by atoms with E-state index < -0.39 is 13.8 Å². The highest BCUT2D eigenvalue weighted by molar-refractivity contribution is 7.57. The Bertz CT molecular complexity index is 1180. The molecule has 1 aliphatic rings. The number of benzene rings is 1. The average Bonchev–Trinajstić information content (AvgIpc) is 3.08. The summed E-state index contributed by atoms with van der Waals surface area (Å²) in [6, 6.07) is 8.95. The molecule has 4 rings (SSSR count). The molecule has 3 aromatic rings. The van der Waals surface area contributed by atoms with Crippen LogP contribution in [0.5, 0.6) is 5.75 Å². The van der Waals surface area contributed by atoms with E-state index in [1.807, 2.05) is 36.6 Å². The number of aromatic nitrogens is 3. The monoisotopic (exact) mass is 517 g/mol. The van der Waals surface area contributed by atoms with Crippen LogP contribution in [0, 0.1) is 0 Å². The van der Waals surface area contributed by atoms with Crippen molar-refractivity contribution in [3.05, 3.63) is 48.4 Å². The number of nitrogens with one attached hydrogen (secondary N) is 1. The number of nitrogens with zero attached hydrogens (tertiary/aromatic N) is 3. The maximum absolute atomic E-state index is 14.1. The van der Waals surface area contributed by atoms with E-state index in [1.165, 1.54) is 0 Å². The van der Waals surface area contributed by atoms with Crippen molar-refractivity contribution in [3.8, 4) is 5.75 Å². The first-order valence-corrected chi connectivity index (χ1v) is 14.2. The molecule has 196 valence electrons. The van der Waals surface area contributed by atoms with E-state index >= 15 is 0 Å². The molecule has 0 aliphatic carbocycles. The summed E-state index contributed by atoms with van der Waals surface area (Å²) in [7, 11) is -3.50. The molecule has 1 unspecified atom stereocenters. The lowest BCUT2D eigenvalue weighted by Crippen LogP contribution is -2.40. The summed E-state index contributed by atoms with van der Waals surface area (Å²) in [4.78, 5) is 8.73. The lowest BCUT2D eigenvalue weighted by Gasteiger charge is -2.29. The highest BCUT2D eigenvalue weighted by Gasteiger charge is 2.33. The average molecular weight is 518 g/mol. The first kappa shape index (κ1) is 26.6. The molecular weight excluding hydrogens is 481 g/mol. The van der Waals surface area contributed by atoms with E-state index in [9.17, 15) is 4.57 Å². The van der Waals surface area contributed by atoms with Crippen LogP contribution in [0.2, 0.25) is 0 Å². The van der Waals surface area contributed by atoms with Crippen molar-refractivity contribution >= 4 is 24.4 Å². The third-order valence-electron chi connectivity index (χ3n) is 5.99. The number of aryl methyl sites for hydroxylation is 1. The topological polar surface area (TPSA) is 123 Å². The Kier molecular flexibility index (Phi) is 8.98. The number of imidazole rings is 1. The predicted molar refractivity (Wildman–Crippen MR) is 139 cm³/mol. The Balaban J connectivity index is 1.46. The van der Waals surface area contributed by atoms with Crippen molar-refractivity contribution in [2.24, 2.45) is 0 Å². The van der Waals surface area contributed by atoms with Crippen molar-refractivity contribution in [2.45, 2.75) is 65.0 Å². The van der Waals surface area contributed by atoms with Gasteiger partial charge in [0.15, 0.2) is 11.9 Å². The summed E-state index contributed by atoms with van der Waals surface area (Å²) < 4.78 is 39.7. The highest BCUT2D eigenvalue weighted by Crippen LogP contribution is 2.44. The van der Waals surface area contributed by atoms with E-state index in [2.05, 4.69) is 22.0 Å². The lowest BCUT2D eigenvalue weighted by atomic mass is 10.2. The van der Waals surface area contributed by atoms with Gasteiger partial charge in [0.05, 0.1) is 30.7 Å². The van der Waals surface area contributed by atoms with Gasteiger partial charge in [-0.3, -0.25) is 4.57 Å². The second kappa shape index (κ2) is 12.2. The van der Waals surface area contributed by atoms with Crippen molar-refractivity contribution in [1.82, 2.24) is 19.6 Å². The van der Waals surface area contributed by atoms with Crippen LogP contribution in [0.15, 0.2) is 42.9 Å². The zero-order chi connectivity index (χ0) is 25.5. The molecule has 3 atom stereocenters. The number of hydrogen-bond donors (Lipinski definition) is 2. The van der Waals surface area contributed by atoms with Crippen LogP contribution in [0.3, 0.4) is 0 Å².